The molecule has 0 bridgehead atoms. The fourth-order valence-corrected chi connectivity index (χ4v) is 5.21. The van der Waals surface area contributed by atoms with Crippen LogP contribution in [0.4, 0.5) is 4.39 Å². The molecule has 31 heavy (non-hydrogen) atoms. The molecule has 164 valence electrons. The van der Waals surface area contributed by atoms with Crippen molar-refractivity contribution in [1.82, 2.24) is 9.80 Å². The smallest absolute Gasteiger partial charge is 0.264 e. The topological polar surface area (TPSA) is 42.0 Å². The van der Waals surface area contributed by atoms with Crippen LogP contribution in [0.5, 0.6) is 5.75 Å². The number of carbonyl (C=O) groups excluding carboxylic acids is 1. The molecule has 1 saturated heterocycles. The van der Waals surface area contributed by atoms with Crippen LogP contribution in [0, 0.1) is 5.82 Å². The third-order valence-electron chi connectivity index (χ3n) is 5.78. The van der Waals surface area contributed by atoms with Gasteiger partial charge in [0.05, 0.1) is 18.6 Å². The van der Waals surface area contributed by atoms with Crippen molar-refractivity contribution < 1.29 is 18.7 Å². The molecule has 1 aliphatic heterocycles. The number of hydrogen-bond acceptors (Lipinski definition) is 5. The Kier molecular flexibility index (Phi) is 6.85. The summed E-state index contributed by atoms with van der Waals surface area (Å²) in [5.74, 6) is 0.537. The normalized spacial score (nSPS) is 14.9. The number of nitrogens with zero attached hydrogens (tertiary/aromatic N) is 2. The molecule has 1 aromatic heterocycles. The highest BCUT2D eigenvalue weighted by atomic mass is 32.1. The van der Waals surface area contributed by atoms with Gasteiger partial charge in [-0.2, -0.15) is 0 Å². The number of halogens is 1. The van der Waals surface area contributed by atoms with Crippen molar-refractivity contribution >= 4 is 27.3 Å². The molecule has 3 aromatic rings. The Morgan fingerprint density at radius 2 is 1.81 bits per heavy atom. The maximum Gasteiger partial charge on any atom is 0.264 e. The van der Waals surface area contributed by atoms with Gasteiger partial charge in [0.1, 0.15) is 11.6 Å². The second-order valence-electron chi connectivity index (χ2n) is 7.69. The van der Waals surface area contributed by atoms with Gasteiger partial charge >= 0.3 is 0 Å². The standard InChI is InChI=1S/C24H27FN2O3S/c1-29-16-19-22-20(25)4-3-5-21(22)31-23(19)24(28)27-14-12-26(13-15-27)11-10-17-6-8-18(30-2)9-7-17/h3-9H,10-16H2,1-2H3. The molecular weight excluding hydrogens is 415 g/mol. The molecule has 2 aromatic carbocycles. The zero-order valence-electron chi connectivity index (χ0n) is 17.9. The molecule has 0 unspecified atom stereocenters. The lowest BCUT2D eigenvalue weighted by molar-refractivity contribution is 0.0639. The van der Waals surface area contributed by atoms with Gasteiger partial charge in [0.15, 0.2) is 0 Å². The lowest BCUT2D eigenvalue weighted by Gasteiger charge is -2.34. The lowest BCUT2D eigenvalue weighted by atomic mass is 10.1. The highest BCUT2D eigenvalue weighted by Crippen LogP contribution is 2.34. The number of piperazine rings is 1. The number of methoxy groups -OCH3 is 2. The number of amides is 1. The largest absolute Gasteiger partial charge is 0.497 e. The molecule has 0 atom stereocenters. The van der Waals surface area contributed by atoms with E-state index in [-0.39, 0.29) is 18.3 Å². The Morgan fingerprint density at radius 1 is 1.06 bits per heavy atom. The molecule has 1 amide bonds. The van der Waals surface area contributed by atoms with Crippen LogP contribution >= 0.6 is 11.3 Å². The number of carbonyl (C=O) groups is 1. The van der Waals surface area contributed by atoms with Crippen molar-refractivity contribution in [2.24, 2.45) is 0 Å². The quantitative estimate of drug-likeness (QED) is 0.550. The minimum absolute atomic E-state index is 0.0255. The first-order valence-corrected chi connectivity index (χ1v) is 11.3. The number of hydrogen-bond donors (Lipinski definition) is 0. The van der Waals surface area contributed by atoms with E-state index in [0.717, 1.165) is 36.5 Å². The van der Waals surface area contributed by atoms with Gasteiger partial charge in [-0.3, -0.25) is 9.69 Å². The van der Waals surface area contributed by atoms with E-state index in [1.54, 1.807) is 20.3 Å². The summed E-state index contributed by atoms with van der Waals surface area (Å²) in [4.78, 5) is 18.1. The van der Waals surface area contributed by atoms with Crippen LogP contribution in [-0.4, -0.2) is 62.7 Å². The summed E-state index contributed by atoms with van der Waals surface area (Å²) in [7, 11) is 3.24. The van der Waals surface area contributed by atoms with Crippen LogP contribution in [0.25, 0.3) is 10.1 Å². The van der Waals surface area contributed by atoms with E-state index >= 15 is 0 Å². The number of fused-ring (bicyclic) bond motifs is 1. The third-order valence-corrected chi connectivity index (χ3v) is 6.97. The van der Waals surface area contributed by atoms with Gasteiger partial charge < -0.3 is 14.4 Å². The number of thiophene rings is 1. The fourth-order valence-electron chi connectivity index (χ4n) is 4.02. The molecule has 5 nitrogen and oxygen atoms in total. The second-order valence-corrected chi connectivity index (χ2v) is 8.74. The van der Waals surface area contributed by atoms with E-state index in [1.807, 2.05) is 23.1 Å². The maximum absolute atomic E-state index is 14.4. The lowest BCUT2D eigenvalue weighted by Crippen LogP contribution is -2.49. The second kappa shape index (κ2) is 9.77. The van der Waals surface area contributed by atoms with E-state index in [2.05, 4.69) is 17.0 Å². The molecule has 0 radical (unpaired) electrons. The first-order chi connectivity index (χ1) is 15.1. The molecule has 4 rings (SSSR count). The first kappa shape index (κ1) is 21.7. The molecule has 2 heterocycles. The minimum atomic E-state index is -0.303. The van der Waals surface area contributed by atoms with Crippen molar-refractivity contribution in [3.63, 3.8) is 0 Å². The van der Waals surface area contributed by atoms with Crippen molar-refractivity contribution in [3.8, 4) is 5.75 Å². The van der Waals surface area contributed by atoms with E-state index in [1.165, 1.54) is 23.0 Å². The van der Waals surface area contributed by atoms with E-state index in [4.69, 9.17) is 9.47 Å². The third kappa shape index (κ3) is 4.74. The summed E-state index contributed by atoms with van der Waals surface area (Å²) in [6.45, 7) is 4.19. The maximum atomic E-state index is 14.4. The molecule has 0 N–H and O–H groups in total. The fraction of sp³-hybridized carbons (Fsp3) is 0.375. The average Bonchev–Trinajstić information content (AvgIpc) is 3.18. The van der Waals surface area contributed by atoms with Gasteiger partial charge in [-0.15, -0.1) is 11.3 Å². The molecule has 1 aliphatic rings. The summed E-state index contributed by atoms with van der Waals surface area (Å²) < 4.78 is 25.7. The van der Waals surface area contributed by atoms with Crippen LogP contribution in [0.3, 0.4) is 0 Å². The Morgan fingerprint density at radius 3 is 2.48 bits per heavy atom. The molecular formula is C24H27FN2O3S. The predicted molar refractivity (Wildman–Crippen MR) is 122 cm³/mol. The van der Waals surface area contributed by atoms with Crippen LogP contribution in [-0.2, 0) is 17.8 Å². The first-order valence-electron chi connectivity index (χ1n) is 10.4. The molecule has 7 heteroatoms. The van der Waals surface area contributed by atoms with Crippen molar-refractivity contribution in [2.45, 2.75) is 13.0 Å². The summed E-state index contributed by atoms with van der Waals surface area (Å²) in [5.41, 5.74) is 1.93. The minimum Gasteiger partial charge on any atom is -0.497 e. The molecule has 0 saturated carbocycles. The van der Waals surface area contributed by atoms with Crippen LogP contribution in [0.15, 0.2) is 42.5 Å². The SMILES string of the molecule is COCc1c(C(=O)N2CCN(CCc3ccc(OC)cc3)CC2)sc2cccc(F)c12. The van der Waals surface area contributed by atoms with Gasteiger partial charge in [0.2, 0.25) is 0 Å². The highest BCUT2D eigenvalue weighted by Gasteiger charge is 2.27. The highest BCUT2D eigenvalue weighted by molar-refractivity contribution is 7.21. The molecule has 0 aliphatic carbocycles. The van der Waals surface area contributed by atoms with Crippen LogP contribution < -0.4 is 4.74 Å². The van der Waals surface area contributed by atoms with Gasteiger partial charge in [0, 0.05) is 55.5 Å². The Balaban J connectivity index is 1.39. The Bertz CT molecular complexity index is 1040. The monoisotopic (exact) mass is 442 g/mol. The van der Waals surface area contributed by atoms with Crippen LogP contribution in [0.1, 0.15) is 20.8 Å². The van der Waals surface area contributed by atoms with E-state index in [9.17, 15) is 9.18 Å². The Hall–Kier alpha value is -2.48. The summed E-state index contributed by atoms with van der Waals surface area (Å²) in [6.07, 6.45) is 0.964. The van der Waals surface area contributed by atoms with Gasteiger partial charge in [-0.1, -0.05) is 18.2 Å². The van der Waals surface area contributed by atoms with E-state index in [0.29, 0.717) is 28.9 Å². The molecule has 1 fully saturated rings. The van der Waals surface area contributed by atoms with Crippen molar-refractivity contribution in [2.75, 3.05) is 46.9 Å². The van der Waals surface area contributed by atoms with E-state index < -0.39 is 0 Å². The van der Waals surface area contributed by atoms with Crippen LogP contribution in [0.2, 0.25) is 0 Å². The zero-order chi connectivity index (χ0) is 21.8. The zero-order valence-corrected chi connectivity index (χ0v) is 18.7. The number of rotatable bonds is 7. The summed E-state index contributed by atoms with van der Waals surface area (Å²) >= 11 is 1.36. The van der Waals surface area contributed by atoms with Gasteiger partial charge in [-0.25, -0.2) is 4.39 Å². The summed E-state index contributed by atoms with van der Waals surface area (Å²) in [6, 6.07) is 13.1. The summed E-state index contributed by atoms with van der Waals surface area (Å²) in [5, 5.41) is 0.510. The average molecular weight is 443 g/mol. The number of ether oxygens (including phenoxy) is 2. The predicted octanol–water partition coefficient (Wildman–Crippen LogP) is 4.20. The number of benzene rings is 2. The van der Waals surface area contributed by atoms with Gasteiger partial charge in [0.25, 0.3) is 5.91 Å². The molecule has 0 spiro atoms. The Labute approximate surface area is 186 Å². The van der Waals surface area contributed by atoms with Gasteiger partial charge in [-0.05, 0) is 36.2 Å². The van der Waals surface area contributed by atoms with Crippen molar-refractivity contribution in [1.29, 1.82) is 0 Å². The van der Waals surface area contributed by atoms with Crippen molar-refractivity contribution in [3.05, 3.63) is 64.3 Å².